The molecule has 98 valence electrons. The average Bonchev–Trinajstić information content (AvgIpc) is 2.60. The molecule has 3 aliphatic rings. The molecular formula is C15H20O3. The topological polar surface area (TPSA) is 46.5 Å². The van der Waals surface area contributed by atoms with Gasteiger partial charge in [0.2, 0.25) is 0 Å². The molecule has 18 heavy (non-hydrogen) atoms. The molecule has 2 aliphatic carbocycles. The lowest BCUT2D eigenvalue weighted by atomic mass is 9.55. The first-order valence-electron chi connectivity index (χ1n) is 6.69. The van der Waals surface area contributed by atoms with E-state index in [1.54, 1.807) is 0 Å². The summed E-state index contributed by atoms with van der Waals surface area (Å²) in [6.45, 7) is 8.09. The molecule has 3 nitrogen and oxygen atoms in total. The van der Waals surface area contributed by atoms with E-state index in [0.717, 1.165) is 12.8 Å². The molecule has 0 unspecified atom stereocenters. The predicted molar refractivity (Wildman–Crippen MR) is 67.7 cm³/mol. The molecule has 5 atom stereocenters. The van der Waals surface area contributed by atoms with Crippen LogP contribution < -0.4 is 0 Å². The molecule has 0 aromatic carbocycles. The van der Waals surface area contributed by atoms with Gasteiger partial charge in [-0.1, -0.05) is 25.2 Å². The molecular weight excluding hydrogens is 228 g/mol. The van der Waals surface area contributed by atoms with Crippen molar-refractivity contribution in [2.75, 3.05) is 0 Å². The van der Waals surface area contributed by atoms with Gasteiger partial charge in [0.15, 0.2) is 0 Å². The second-order valence-corrected chi connectivity index (χ2v) is 6.22. The summed E-state index contributed by atoms with van der Waals surface area (Å²) in [5, 5.41) is 10.3. The minimum atomic E-state index is -0.334. The van der Waals surface area contributed by atoms with Crippen LogP contribution in [0, 0.1) is 17.3 Å². The van der Waals surface area contributed by atoms with Crippen LogP contribution in [-0.2, 0) is 9.53 Å². The van der Waals surface area contributed by atoms with Gasteiger partial charge in [-0.05, 0) is 26.2 Å². The fourth-order valence-corrected chi connectivity index (χ4v) is 4.11. The Kier molecular flexibility index (Phi) is 2.46. The maximum Gasteiger partial charge on any atom is 0.334 e. The molecule has 3 heteroatoms. The van der Waals surface area contributed by atoms with Gasteiger partial charge in [-0.15, -0.1) is 0 Å². The molecule has 0 bridgehead atoms. The maximum absolute atomic E-state index is 11.7. The fourth-order valence-electron chi connectivity index (χ4n) is 4.11. The van der Waals surface area contributed by atoms with Crippen molar-refractivity contribution in [2.24, 2.45) is 17.3 Å². The van der Waals surface area contributed by atoms with E-state index >= 15 is 0 Å². The molecule has 0 aromatic rings. The van der Waals surface area contributed by atoms with Gasteiger partial charge in [-0.25, -0.2) is 4.79 Å². The number of hydrogen-bond acceptors (Lipinski definition) is 3. The Hall–Kier alpha value is -1.09. The summed E-state index contributed by atoms with van der Waals surface area (Å²) in [4.78, 5) is 11.7. The van der Waals surface area contributed by atoms with Gasteiger partial charge < -0.3 is 9.84 Å². The summed E-state index contributed by atoms with van der Waals surface area (Å²) in [5.41, 5.74) is 1.71. The van der Waals surface area contributed by atoms with Gasteiger partial charge in [-0.3, -0.25) is 0 Å². The molecule has 1 N–H and O–H groups in total. The van der Waals surface area contributed by atoms with Crippen LogP contribution in [0.5, 0.6) is 0 Å². The van der Waals surface area contributed by atoms with Gasteiger partial charge >= 0.3 is 5.97 Å². The van der Waals surface area contributed by atoms with Crippen molar-refractivity contribution < 1.29 is 14.6 Å². The van der Waals surface area contributed by atoms with Gasteiger partial charge in [0.1, 0.15) is 6.10 Å². The normalized spacial score (nSPS) is 47.2. The second kappa shape index (κ2) is 3.70. The standard InChI is InChI=1S/C15H20O3/c1-8-4-5-11(16)15(3)7-6-10-9(2)14(17)18-13(10)12(8)15/h4,10-13,16H,2,5-7H2,1,3H3/t10-,11-,12+,13-,15-/m1/s1. The largest absolute Gasteiger partial charge is 0.458 e. The van der Waals surface area contributed by atoms with Gasteiger partial charge in [0, 0.05) is 22.8 Å². The summed E-state index contributed by atoms with van der Waals surface area (Å²) in [5.74, 6) is 0.0366. The highest BCUT2D eigenvalue weighted by Gasteiger charge is 2.57. The van der Waals surface area contributed by atoms with E-state index in [0.29, 0.717) is 12.0 Å². The molecule has 1 saturated heterocycles. The summed E-state index contributed by atoms with van der Waals surface area (Å²) in [7, 11) is 0. The molecule has 2 fully saturated rings. The molecule has 1 saturated carbocycles. The molecule has 0 spiro atoms. The van der Waals surface area contributed by atoms with Gasteiger partial charge in [0.05, 0.1) is 6.10 Å². The Bertz CT molecular complexity index is 451. The maximum atomic E-state index is 11.7. The van der Waals surface area contributed by atoms with Gasteiger partial charge in [0.25, 0.3) is 0 Å². The Balaban J connectivity index is 2.03. The zero-order chi connectivity index (χ0) is 13.1. The van der Waals surface area contributed by atoms with Crippen molar-refractivity contribution in [1.29, 1.82) is 0 Å². The summed E-state index contributed by atoms with van der Waals surface area (Å²) < 4.78 is 5.54. The monoisotopic (exact) mass is 248 g/mol. The van der Waals surface area contributed by atoms with E-state index in [1.165, 1.54) is 5.57 Å². The first-order valence-corrected chi connectivity index (χ1v) is 6.69. The van der Waals surface area contributed by atoms with E-state index in [9.17, 15) is 9.90 Å². The lowest BCUT2D eigenvalue weighted by molar-refractivity contribution is -0.149. The van der Waals surface area contributed by atoms with Crippen molar-refractivity contribution in [2.45, 2.75) is 45.3 Å². The van der Waals surface area contributed by atoms with E-state index in [4.69, 9.17) is 4.74 Å². The Morgan fingerprint density at radius 2 is 2.28 bits per heavy atom. The number of hydrogen-bond donors (Lipinski definition) is 1. The molecule has 1 heterocycles. The second-order valence-electron chi connectivity index (χ2n) is 6.22. The Labute approximate surface area is 108 Å². The van der Waals surface area contributed by atoms with Crippen LogP contribution >= 0.6 is 0 Å². The van der Waals surface area contributed by atoms with Crippen molar-refractivity contribution in [3.8, 4) is 0 Å². The van der Waals surface area contributed by atoms with E-state index in [1.807, 2.05) is 0 Å². The van der Waals surface area contributed by atoms with Crippen LogP contribution in [0.25, 0.3) is 0 Å². The fraction of sp³-hybridized carbons (Fsp3) is 0.667. The van der Waals surface area contributed by atoms with Crippen LogP contribution in [0.4, 0.5) is 0 Å². The lowest BCUT2D eigenvalue weighted by Crippen LogP contribution is -2.52. The third kappa shape index (κ3) is 1.37. The Morgan fingerprint density at radius 3 is 3.00 bits per heavy atom. The number of fused-ring (bicyclic) bond motifs is 3. The van der Waals surface area contributed by atoms with Crippen LogP contribution in [0.1, 0.15) is 33.1 Å². The third-order valence-electron chi connectivity index (χ3n) is 5.30. The molecule has 1 aliphatic heterocycles. The highest BCUT2D eigenvalue weighted by molar-refractivity contribution is 5.91. The van der Waals surface area contributed by atoms with Crippen LogP contribution in [0.3, 0.4) is 0 Å². The van der Waals surface area contributed by atoms with Crippen molar-refractivity contribution >= 4 is 5.97 Å². The zero-order valence-corrected chi connectivity index (χ0v) is 11.0. The first-order chi connectivity index (χ1) is 8.45. The smallest absolute Gasteiger partial charge is 0.334 e. The van der Waals surface area contributed by atoms with E-state index in [2.05, 4.69) is 26.5 Å². The zero-order valence-electron chi connectivity index (χ0n) is 11.0. The SMILES string of the molecule is C=C1C(=O)O[C@@H]2[C@@H]1CC[C@]1(C)[C@H](O)CC=C(C)[C@@H]21. The lowest BCUT2D eigenvalue weighted by Gasteiger charge is -2.51. The number of carbonyl (C=O) groups excluding carboxylic acids is 1. The third-order valence-corrected chi connectivity index (χ3v) is 5.30. The number of ether oxygens (including phenoxy) is 1. The minimum absolute atomic E-state index is 0.116. The van der Waals surface area contributed by atoms with Crippen LogP contribution in [0.15, 0.2) is 23.8 Å². The van der Waals surface area contributed by atoms with Crippen molar-refractivity contribution in [1.82, 2.24) is 0 Å². The van der Waals surface area contributed by atoms with E-state index < -0.39 is 0 Å². The number of esters is 1. The summed E-state index contributed by atoms with van der Waals surface area (Å²) in [6, 6.07) is 0. The molecule has 0 aromatic heterocycles. The minimum Gasteiger partial charge on any atom is -0.458 e. The summed E-state index contributed by atoms with van der Waals surface area (Å²) >= 11 is 0. The molecule has 3 rings (SSSR count). The van der Waals surface area contributed by atoms with Crippen LogP contribution in [-0.4, -0.2) is 23.3 Å². The first kappa shape index (κ1) is 12.0. The predicted octanol–water partition coefficient (Wildman–Crippen LogP) is 2.21. The Morgan fingerprint density at radius 1 is 1.56 bits per heavy atom. The summed E-state index contributed by atoms with van der Waals surface area (Å²) in [6.07, 6.45) is 4.18. The quantitative estimate of drug-likeness (QED) is 0.406. The van der Waals surface area contributed by atoms with Crippen LogP contribution in [0.2, 0.25) is 0 Å². The van der Waals surface area contributed by atoms with Crippen molar-refractivity contribution in [3.63, 3.8) is 0 Å². The number of aliphatic hydroxyl groups excluding tert-OH is 1. The number of carbonyl (C=O) groups is 1. The molecule has 0 amide bonds. The van der Waals surface area contributed by atoms with Crippen molar-refractivity contribution in [3.05, 3.63) is 23.8 Å². The number of rotatable bonds is 0. The van der Waals surface area contributed by atoms with Gasteiger partial charge in [-0.2, -0.15) is 0 Å². The highest BCUT2D eigenvalue weighted by atomic mass is 16.6. The van der Waals surface area contributed by atoms with E-state index in [-0.39, 0.29) is 35.4 Å². The number of aliphatic hydroxyl groups is 1. The highest BCUT2D eigenvalue weighted by Crippen LogP contribution is 2.56. The molecule has 0 radical (unpaired) electrons. The average molecular weight is 248 g/mol.